The maximum absolute atomic E-state index is 12.1. The van der Waals surface area contributed by atoms with Crippen LogP contribution in [0.1, 0.15) is 54.1 Å². The van der Waals surface area contributed by atoms with Crippen molar-refractivity contribution in [1.29, 1.82) is 0 Å². The highest BCUT2D eigenvalue weighted by Gasteiger charge is 2.29. The molecule has 0 fully saturated rings. The minimum Gasteiger partial charge on any atom is -0.309 e. The minimum atomic E-state index is -3.10. The Bertz CT molecular complexity index is 579. The second kappa shape index (κ2) is 6.93. The van der Waals surface area contributed by atoms with Gasteiger partial charge in [-0.3, -0.25) is 0 Å². The van der Waals surface area contributed by atoms with E-state index in [1.165, 1.54) is 28.5 Å². The van der Waals surface area contributed by atoms with Crippen molar-refractivity contribution in [3.63, 3.8) is 0 Å². The Hall–Kier alpha value is -0.870. The van der Waals surface area contributed by atoms with Gasteiger partial charge in [0.25, 0.3) is 0 Å². The molecule has 1 aromatic rings. The van der Waals surface area contributed by atoms with Crippen molar-refractivity contribution in [3.8, 4) is 0 Å². The van der Waals surface area contributed by atoms with E-state index in [9.17, 15) is 8.42 Å². The van der Waals surface area contributed by atoms with Gasteiger partial charge in [-0.25, -0.2) is 8.42 Å². The predicted molar refractivity (Wildman–Crippen MR) is 90.7 cm³/mol. The van der Waals surface area contributed by atoms with Crippen molar-refractivity contribution < 1.29 is 8.42 Å². The van der Waals surface area contributed by atoms with Crippen LogP contribution in [0.25, 0.3) is 0 Å². The summed E-state index contributed by atoms with van der Waals surface area (Å²) in [5, 5.41) is 3.01. The van der Waals surface area contributed by atoms with Gasteiger partial charge in [-0.1, -0.05) is 13.0 Å². The molecule has 0 aliphatic heterocycles. The van der Waals surface area contributed by atoms with E-state index in [4.69, 9.17) is 0 Å². The number of aryl methyl sites for hydroxylation is 2. The van der Waals surface area contributed by atoms with E-state index in [1.807, 2.05) is 0 Å². The summed E-state index contributed by atoms with van der Waals surface area (Å²) < 4.78 is 24.1. The first-order valence-electron chi connectivity index (χ1n) is 7.60. The molecule has 0 aliphatic carbocycles. The van der Waals surface area contributed by atoms with Gasteiger partial charge in [0.05, 0.1) is 5.25 Å². The first-order chi connectivity index (χ1) is 9.61. The lowest BCUT2D eigenvalue weighted by molar-refractivity contribution is 0.496. The van der Waals surface area contributed by atoms with E-state index in [1.54, 1.807) is 6.92 Å². The Morgan fingerprint density at radius 1 is 1.10 bits per heavy atom. The Morgan fingerprint density at radius 2 is 1.57 bits per heavy atom. The van der Waals surface area contributed by atoms with Gasteiger partial charge in [0, 0.05) is 12.3 Å². The van der Waals surface area contributed by atoms with E-state index in [2.05, 4.69) is 46.0 Å². The normalized spacial score (nSPS) is 15.0. The molecule has 0 amide bonds. The first-order valence-corrected chi connectivity index (χ1v) is 9.56. The van der Waals surface area contributed by atoms with E-state index in [0.717, 1.165) is 18.5 Å². The second-order valence-corrected chi connectivity index (χ2v) is 8.54. The van der Waals surface area contributed by atoms with Gasteiger partial charge in [0.15, 0.2) is 9.84 Å². The Balaban J connectivity index is 3.46. The summed E-state index contributed by atoms with van der Waals surface area (Å²) in [5.74, 6) is 0. The molecule has 0 saturated heterocycles. The summed E-state index contributed by atoms with van der Waals surface area (Å²) in [6.45, 7) is 13.1. The molecule has 0 aliphatic rings. The fourth-order valence-corrected chi connectivity index (χ4v) is 3.49. The fourth-order valence-electron chi connectivity index (χ4n) is 2.76. The summed E-state index contributed by atoms with van der Waals surface area (Å²) in [5.41, 5.74) is 5.98. The Labute approximate surface area is 130 Å². The molecule has 2 unspecified atom stereocenters. The molecule has 0 bridgehead atoms. The molecule has 0 aromatic heterocycles. The standard InChI is InChI=1S/C17H29NO2S/c1-8-9-18-17(15(6)21(7,19)20)16-13(4)11(2)10-12(3)14(16)5/h10,15,17-18H,8-9H2,1-7H3. The quantitative estimate of drug-likeness (QED) is 0.876. The zero-order valence-electron chi connectivity index (χ0n) is 14.4. The lowest BCUT2D eigenvalue weighted by Gasteiger charge is -2.29. The SMILES string of the molecule is CCCNC(c1c(C)c(C)cc(C)c1C)C(C)S(C)(=O)=O. The van der Waals surface area contributed by atoms with Crippen LogP contribution >= 0.6 is 0 Å². The molecule has 2 atom stereocenters. The van der Waals surface area contributed by atoms with Crippen molar-refractivity contribution in [2.24, 2.45) is 0 Å². The molecular weight excluding hydrogens is 282 g/mol. The lowest BCUT2D eigenvalue weighted by atomic mass is 9.88. The number of nitrogens with one attached hydrogen (secondary N) is 1. The van der Waals surface area contributed by atoms with Crippen molar-refractivity contribution >= 4 is 9.84 Å². The van der Waals surface area contributed by atoms with Gasteiger partial charge in [-0.05, 0) is 75.4 Å². The van der Waals surface area contributed by atoms with Crippen LogP contribution in [0.4, 0.5) is 0 Å². The number of hydrogen-bond acceptors (Lipinski definition) is 3. The summed E-state index contributed by atoms with van der Waals surface area (Å²) in [6.07, 6.45) is 2.31. The molecule has 1 rings (SSSR count). The summed E-state index contributed by atoms with van der Waals surface area (Å²) >= 11 is 0. The van der Waals surface area contributed by atoms with E-state index >= 15 is 0 Å². The first kappa shape index (κ1) is 18.2. The molecule has 3 nitrogen and oxygen atoms in total. The molecule has 1 aromatic carbocycles. The van der Waals surface area contributed by atoms with Crippen LogP contribution in [0.3, 0.4) is 0 Å². The van der Waals surface area contributed by atoms with Crippen LogP contribution in [0.5, 0.6) is 0 Å². The lowest BCUT2D eigenvalue weighted by Crippen LogP contribution is -2.36. The van der Waals surface area contributed by atoms with Gasteiger partial charge >= 0.3 is 0 Å². The van der Waals surface area contributed by atoms with Crippen LogP contribution in [0.15, 0.2) is 6.07 Å². The van der Waals surface area contributed by atoms with Gasteiger partial charge < -0.3 is 5.32 Å². The monoisotopic (exact) mass is 311 g/mol. The average Bonchev–Trinajstić information content (AvgIpc) is 2.38. The van der Waals surface area contributed by atoms with Crippen LogP contribution in [-0.4, -0.2) is 26.5 Å². The van der Waals surface area contributed by atoms with Crippen molar-refractivity contribution in [1.82, 2.24) is 5.32 Å². The Morgan fingerprint density at radius 3 is 1.95 bits per heavy atom. The van der Waals surface area contributed by atoms with Crippen LogP contribution < -0.4 is 5.32 Å². The zero-order chi connectivity index (χ0) is 16.4. The molecule has 1 N–H and O–H groups in total. The molecule has 4 heteroatoms. The summed E-state index contributed by atoms with van der Waals surface area (Å²) in [7, 11) is -3.10. The Kier molecular flexibility index (Phi) is 6.00. The fraction of sp³-hybridized carbons (Fsp3) is 0.647. The van der Waals surface area contributed by atoms with E-state index < -0.39 is 15.1 Å². The zero-order valence-corrected chi connectivity index (χ0v) is 15.2. The molecule has 0 saturated carbocycles. The highest BCUT2D eigenvalue weighted by atomic mass is 32.2. The topological polar surface area (TPSA) is 46.2 Å². The van der Waals surface area contributed by atoms with Gasteiger partial charge in [-0.2, -0.15) is 0 Å². The van der Waals surface area contributed by atoms with Gasteiger partial charge in [0.1, 0.15) is 0 Å². The molecular formula is C17H29NO2S. The number of sulfone groups is 1. The van der Waals surface area contributed by atoms with Crippen molar-refractivity contribution in [2.75, 3.05) is 12.8 Å². The van der Waals surface area contributed by atoms with E-state index in [-0.39, 0.29) is 6.04 Å². The number of hydrogen-bond donors (Lipinski definition) is 1. The molecule has 120 valence electrons. The highest BCUT2D eigenvalue weighted by molar-refractivity contribution is 7.91. The maximum atomic E-state index is 12.1. The smallest absolute Gasteiger partial charge is 0.151 e. The number of benzene rings is 1. The summed E-state index contributed by atoms with van der Waals surface area (Å²) in [4.78, 5) is 0. The highest BCUT2D eigenvalue weighted by Crippen LogP contribution is 2.31. The van der Waals surface area contributed by atoms with Crippen LogP contribution in [0, 0.1) is 27.7 Å². The van der Waals surface area contributed by atoms with Crippen LogP contribution in [0.2, 0.25) is 0 Å². The maximum Gasteiger partial charge on any atom is 0.151 e. The molecule has 21 heavy (non-hydrogen) atoms. The third kappa shape index (κ3) is 4.07. The van der Waals surface area contributed by atoms with Gasteiger partial charge in [-0.15, -0.1) is 0 Å². The predicted octanol–water partition coefficient (Wildman–Crippen LogP) is 3.39. The largest absolute Gasteiger partial charge is 0.309 e. The molecule has 0 spiro atoms. The van der Waals surface area contributed by atoms with Crippen molar-refractivity contribution in [2.45, 2.75) is 59.3 Å². The van der Waals surface area contributed by atoms with Crippen LogP contribution in [-0.2, 0) is 9.84 Å². The average molecular weight is 311 g/mol. The molecule has 0 heterocycles. The summed E-state index contributed by atoms with van der Waals surface area (Å²) in [6, 6.07) is 2.02. The third-order valence-electron chi connectivity index (χ3n) is 4.49. The number of rotatable bonds is 6. The van der Waals surface area contributed by atoms with Crippen molar-refractivity contribution in [3.05, 3.63) is 33.9 Å². The van der Waals surface area contributed by atoms with Gasteiger partial charge in [0.2, 0.25) is 0 Å². The second-order valence-electron chi connectivity index (χ2n) is 6.14. The molecule has 0 radical (unpaired) electrons. The third-order valence-corrected chi connectivity index (χ3v) is 6.12. The minimum absolute atomic E-state index is 0.154. The van der Waals surface area contributed by atoms with E-state index in [0.29, 0.717) is 0 Å².